The first-order chi connectivity index (χ1) is 35.6. The number of cyclic esters (lactones) is 1. The van der Waals surface area contributed by atoms with Crippen LogP contribution in [0.4, 0.5) is 9.59 Å². The summed E-state index contributed by atoms with van der Waals surface area (Å²) in [6.45, 7) is 18.3. The maximum absolute atomic E-state index is 14.9. The third-order valence-electron chi connectivity index (χ3n) is 15.8. The van der Waals surface area contributed by atoms with Gasteiger partial charge in [0.1, 0.15) is 29.2 Å². The van der Waals surface area contributed by atoms with Crippen LogP contribution in [0.2, 0.25) is 5.02 Å². The van der Waals surface area contributed by atoms with Crippen molar-refractivity contribution >= 4 is 29.8 Å². The van der Waals surface area contributed by atoms with E-state index < -0.39 is 108 Å². The minimum Gasteiger partial charge on any atom is -0.508 e. The number of aliphatic hydroxyl groups is 3. The molecular formula is C56H89ClN4O15. The van der Waals surface area contributed by atoms with Crippen molar-refractivity contribution in [2.75, 3.05) is 47.9 Å². The van der Waals surface area contributed by atoms with Crippen LogP contribution in [0.3, 0.4) is 0 Å². The SMILES string of the molecule is CC[C@H]1OC(=O)[C@H](C)[C@@H](O[C@H]2C[C@@](C)(OC)[C@@H](OC(=O)NCCc3ccccc3Cl)[C@H](C)O2)[C@H](C)[C@@H](O[C@@H]2O[C@H](C)C[C@H](N(C)C)[C@H]2O)[C@](C)(O)C[C@@H](C)CN(C)[C@H](C)[C@@H](OC(=O)NCCc2ccc(O)cc2)[C@]1(C)O. The van der Waals surface area contributed by atoms with Gasteiger partial charge in [-0.1, -0.05) is 62.7 Å². The average Bonchev–Trinajstić information content (AvgIpc) is 3.35. The number of phenolic OH excluding ortho intramolecular Hbond substituents is 1. The Bertz CT molecular complexity index is 2170. The lowest BCUT2D eigenvalue weighted by Gasteiger charge is -2.49. The summed E-state index contributed by atoms with van der Waals surface area (Å²) in [6.07, 6.45) is -9.99. The lowest BCUT2D eigenvalue weighted by atomic mass is 9.77. The highest BCUT2D eigenvalue weighted by Crippen LogP contribution is 2.41. The number of phenols is 1. The van der Waals surface area contributed by atoms with E-state index in [0.717, 1.165) is 11.1 Å². The van der Waals surface area contributed by atoms with E-state index in [4.69, 9.17) is 49.5 Å². The van der Waals surface area contributed by atoms with Crippen LogP contribution < -0.4 is 10.6 Å². The second kappa shape index (κ2) is 27.3. The van der Waals surface area contributed by atoms with Gasteiger partial charge in [-0.15, -0.1) is 0 Å². The molecule has 6 N–H and O–H groups in total. The van der Waals surface area contributed by atoms with E-state index in [1.165, 1.54) is 14.0 Å². The molecule has 20 heteroatoms. The van der Waals surface area contributed by atoms with E-state index in [2.05, 4.69) is 10.6 Å². The number of methoxy groups -OCH3 is 1. The van der Waals surface area contributed by atoms with Crippen LogP contribution in [-0.2, 0) is 55.5 Å². The number of esters is 1. The predicted molar refractivity (Wildman–Crippen MR) is 286 cm³/mol. The molecule has 18 atom stereocenters. The highest BCUT2D eigenvalue weighted by atomic mass is 35.5. The van der Waals surface area contributed by atoms with Gasteiger partial charge in [0.25, 0.3) is 0 Å². The minimum atomic E-state index is -1.96. The van der Waals surface area contributed by atoms with Crippen LogP contribution in [0.15, 0.2) is 48.5 Å². The highest BCUT2D eigenvalue weighted by Gasteiger charge is 2.54. The topological polar surface area (TPSA) is 237 Å². The Morgan fingerprint density at radius 3 is 2.09 bits per heavy atom. The first-order valence-corrected chi connectivity index (χ1v) is 27.3. The molecule has 3 aliphatic heterocycles. The zero-order valence-corrected chi connectivity index (χ0v) is 48.0. The van der Waals surface area contributed by atoms with Crippen LogP contribution in [0, 0.1) is 17.8 Å². The molecule has 0 bridgehead atoms. The van der Waals surface area contributed by atoms with Crippen LogP contribution in [0.5, 0.6) is 5.75 Å². The fourth-order valence-corrected chi connectivity index (χ4v) is 11.7. The predicted octanol–water partition coefficient (Wildman–Crippen LogP) is 6.21. The van der Waals surface area contributed by atoms with E-state index in [-0.39, 0.29) is 56.2 Å². The summed E-state index contributed by atoms with van der Waals surface area (Å²) < 4.78 is 51.2. The lowest BCUT2D eigenvalue weighted by molar-refractivity contribution is -0.317. The Balaban J connectivity index is 1.49. The Morgan fingerprint density at radius 2 is 1.49 bits per heavy atom. The van der Waals surface area contributed by atoms with Crippen LogP contribution in [0.25, 0.3) is 0 Å². The number of aromatic hydroxyl groups is 1. The van der Waals surface area contributed by atoms with E-state index in [1.807, 2.05) is 69.9 Å². The van der Waals surface area contributed by atoms with Crippen molar-refractivity contribution in [2.24, 2.45) is 17.8 Å². The number of carbonyl (C=O) groups is 3. The molecule has 19 nitrogen and oxygen atoms in total. The van der Waals surface area contributed by atoms with Crippen LogP contribution in [0.1, 0.15) is 106 Å². The van der Waals surface area contributed by atoms with Gasteiger partial charge < -0.3 is 73.9 Å². The molecule has 5 rings (SSSR count). The second-order valence-corrected chi connectivity index (χ2v) is 22.9. The van der Waals surface area contributed by atoms with Crippen molar-refractivity contribution in [2.45, 2.75) is 198 Å². The zero-order valence-electron chi connectivity index (χ0n) is 47.2. The van der Waals surface area contributed by atoms with E-state index in [0.29, 0.717) is 30.8 Å². The van der Waals surface area contributed by atoms with Gasteiger partial charge in [-0.3, -0.25) is 9.69 Å². The van der Waals surface area contributed by atoms with Crippen molar-refractivity contribution in [3.8, 4) is 5.75 Å². The summed E-state index contributed by atoms with van der Waals surface area (Å²) in [5.74, 6) is -2.94. The van der Waals surface area contributed by atoms with E-state index in [1.54, 1.807) is 71.9 Å². The Morgan fingerprint density at radius 1 is 0.868 bits per heavy atom. The monoisotopic (exact) mass is 1090 g/mol. The second-order valence-electron chi connectivity index (χ2n) is 22.5. The number of nitrogens with zero attached hydrogens (tertiary/aromatic N) is 2. The van der Waals surface area contributed by atoms with Gasteiger partial charge in [0.2, 0.25) is 0 Å². The number of ether oxygens (including phenoxy) is 8. The molecule has 0 unspecified atom stereocenters. The third-order valence-corrected chi connectivity index (χ3v) is 16.2. The summed E-state index contributed by atoms with van der Waals surface area (Å²) in [5.41, 5.74) is -3.07. The smallest absolute Gasteiger partial charge is 0.407 e. The number of halogens is 1. The number of likely N-dealkylation sites (N-methyl/N-ethyl adjacent to an activating group) is 2. The molecule has 2 amide bonds. The first kappa shape index (κ1) is 63.0. The van der Waals surface area contributed by atoms with Gasteiger partial charge in [0.05, 0.1) is 35.9 Å². The zero-order chi connectivity index (χ0) is 56.4. The summed E-state index contributed by atoms with van der Waals surface area (Å²) in [5, 5.41) is 53.3. The van der Waals surface area contributed by atoms with Crippen LogP contribution >= 0.6 is 11.6 Å². The first-order valence-electron chi connectivity index (χ1n) is 26.9. The van der Waals surface area contributed by atoms with Gasteiger partial charge in [-0.25, -0.2) is 9.59 Å². The number of nitrogens with one attached hydrogen (secondary N) is 2. The molecule has 0 spiro atoms. The standard InChI is InChI=1S/C56H89ClN4O15/c1-15-43-56(10,68)48(75-52(65)58-26-24-38-20-22-40(62)23-21-38)36(6)61(13)31-32(2)29-54(8,67)47(74-51-45(63)42(60(11)12)28-33(3)70-51)34(4)46(35(5)50(64)72-43)73-44-30-55(9,69-14)49(37(7)71-44)76-53(66)59-27-25-39-18-16-17-19-41(39)57/h16-23,32-37,42-49,51,62-63,67-68H,15,24-31H2,1-14H3,(H,58,65)(H,59,66)/t32-,33-,34+,35-,36-,37+,42+,43-,44+,45-,46+,47-,48-,49+,51+,54-,55-,56-/m1/s1. The summed E-state index contributed by atoms with van der Waals surface area (Å²) >= 11 is 6.34. The molecule has 430 valence electrons. The van der Waals surface area contributed by atoms with Crippen molar-refractivity contribution in [3.63, 3.8) is 0 Å². The average molecular weight is 1090 g/mol. The summed E-state index contributed by atoms with van der Waals surface area (Å²) in [6, 6.07) is 13.0. The highest BCUT2D eigenvalue weighted by molar-refractivity contribution is 6.31. The van der Waals surface area contributed by atoms with Gasteiger partial charge in [0.15, 0.2) is 24.8 Å². The van der Waals surface area contributed by atoms with Gasteiger partial charge in [0, 0.05) is 56.2 Å². The lowest BCUT2D eigenvalue weighted by Crippen LogP contribution is -2.61. The van der Waals surface area contributed by atoms with Crippen molar-refractivity contribution < 1.29 is 72.7 Å². The molecule has 2 aromatic carbocycles. The van der Waals surface area contributed by atoms with Crippen LogP contribution in [-0.4, -0.2) is 187 Å². The molecule has 0 aliphatic carbocycles. The van der Waals surface area contributed by atoms with Crippen molar-refractivity contribution in [3.05, 3.63) is 64.7 Å². The fraction of sp³-hybridized carbons (Fsp3) is 0.732. The molecule has 0 radical (unpaired) electrons. The fourth-order valence-electron chi connectivity index (χ4n) is 11.4. The third kappa shape index (κ3) is 16.1. The number of alkyl carbamates (subject to hydrolysis) is 2. The molecule has 76 heavy (non-hydrogen) atoms. The maximum Gasteiger partial charge on any atom is 0.407 e. The van der Waals surface area contributed by atoms with Crippen molar-refractivity contribution in [1.29, 1.82) is 0 Å². The maximum atomic E-state index is 14.9. The number of amides is 2. The summed E-state index contributed by atoms with van der Waals surface area (Å²) in [7, 11) is 7.07. The normalized spacial score (nSPS) is 37.3. The number of aliphatic hydroxyl groups excluding tert-OH is 1. The number of benzene rings is 2. The van der Waals surface area contributed by atoms with E-state index in [9.17, 15) is 34.8 Å². The Kier molecular flexibility index (Phi) is 22.7. The van der Waals surface area contributed by atoms with Crippen molar-refractivity contribution in [1.82, 2.24) is 20.4 Å². The minimum absolute atomic E-state index is 0.0222. The van der Waals surface area contributed by atoms with Gasteiger partial charge in [-0.05, 0) is 137 Å². The number of carbonyl (C=O) groups excluding carboxylic acids is 3. The molecule has 2 aromatic rings. The largest absolute Gasteiger partial charge is 0.508 e. The molecule has 0 saturated carbocycles. The van der Waals surface area contributed by atoms with E-state index >= 15 is 0 Å². The number of hydrogen-bond acceptors (Lipinski definition) is 17. The van der Waals surface area contributed by atoms with Gasteiger partial charge in [-0.2, -0.15) is 0 Å². The number of rotatable bonds is 15. The Labute approximate surface area is 455 Å². The summed E-state index contributed by atoms with van der Waals surface area (Å²) in [4.78, 5) is 45.8. The van der Waals surface area contributed by atoms with Gasteiger partial charge >= 0.3 is 18.2 Å². The quantitative estimate of drug-likeness (QED) is 0.0859. The molecular weight excluding hydrogens is 1000 g/mol. The number of hydrogen-bond donors (Lipinski definition) is 6. The molecule has 3 heterocycles. The molecule has 3 fully saturated rings. The Hall–Kier alpha value is -3.86. The molecule has 0 aromatic heterocycles. The molecule has 3 aliphatic rings. The molecule has 3 saturated heterocycles.